The average Bonchev–Trinajstić information content (AvgIpc) is 3.61. The molecule has 0 radical (unpaired) electrons. The van der Waals surface area contributed by atoms with Gasteiger partial charge in [-0.15, -0.1) is 13.2 Å². The van der Waals surface area contributed by atoms with Gasteiger partial charge in [-0.1, -0.05) is 56.3 Å². The van der Waals surface area contributed by atoms with Gasteiger partial charge >= 0.3 is 5.97 Å². The Morgan fingerprint density at radius 1 is 1.20 bits per heavy atom. The van der Waals surface area contributed by atoms with Crippen molar-refractivity contribution in [3.05, 3.63) is 67.8 Å². The topological polar surface area (TPSA) is 96.4 Å². The highest BCUT2D eigenvalue weighted by Crippen LogP contribution is 2.59. The molecule has 8 heteroatoms. The standard InChI is InChI=1S/C33H40N2O6/c1-5-7-10-18-40-32(39)27-26-15-16-33(41-26)28(27)30(37)35(25(20-36)21(3)4)29(33)31(38)34(17-6-2)24-14-13-22-11-8-9-12-23(22)19-24/h5-6,8-9,11-14,19,21,25-29,36H,1-2,7,10,15-18,20H2,3-4H3/t25-,26+,27-,28-,29?,33?/m0/s1. The van der Waals surface area contributed by atoms with E-state index in [1.54, 1.807) is 17.1 Å². The second-order valence-corrected chi connectivity index (χ2v) is 11.7. The van der Waals surface area contributed by atoms with Crippen LogP contribution in [0.5, 0.6) is 0 Å². The number of allylic oxidation sites excluding steroid dienone is 1. The van der Waals surface area contributed by atoms with Gasteiger partial charge in [-0.05, 0) is 54.5 Å². The first kappa shape index (κ1) is 29.0. The monoisotopic (exact) mass is 560 g/mol. The van der Waals surface area contributed by atoms with Crippen molar-refractivity contribution in [1.82, 2.24) is 4.90 Å². The fourth-order valence-electron chi connectivity index (χ4n) is 7.06. The number of carbonyl (C=O) groups excluding carboxylic acids is 3. The van der Waals surface area contributed by atoms with Crippen LogP contribution in [-0.2, 0) is 23.9 Å². The molecule has 1 spiro atoms. The van der Waals surface area contributed by atoms with Gasteiger partial charge in [-0.3, -0.25) is 14.4 Å². The smallest absolute Gasteiger partial charge is 0.312 e. The van der Waals surface area contributed by atoms with E-state index in [9.17, 15) is 19.5 Å². The number of fused-ring (bicyclic) bond motifs is 2. The molecule has 3 saturated heterocycles. The lowest BCUT2D eigenvalue weighted by atomic mass is 9.70. The van der Waals surface area contributed by atoms with E-state index in [0.717, 1.165) is 17.2 Å². The molecular formula is C33H40N2O6. The summed E-state index contributed by atoms with van der Waals surface area (Å²) in [6, 6.07) is 12.1. The predicted octanol–water partition coefficient (Wildman–Crippen LogP) is 4.26. The maximum atomic E-state index is 14.7. The van der Waals surface area contributed by atoms with Crippen LogP contribution in [0.2, 0.25) is 0 Å². The van der Waals surface area contributed by atoms with Gasteiger partial charge in [0.05, 0.1) is 37.2 Å². The minimum absolute atomic E-state index is 0.135. The summed E-state index contributed by atoms with van der Waals surface area (Å²) in [6.07, 6.45) is 5.32. The third kappa shape index (κ3) is 4.87. The van der Waals surface area contributed by atoms with E-state index < -0.39 is 41.6 Å². The molecule has 1 N–H and O–H groups in total. The van der Waals surface area contributed by atoms with Gasteiger partial charge in [0.2, 0.25) is 5.91 Å². The zero-order valence-corrected chi connectivity index (χ0v) is 23.9. The second-order valence-electron chi connectivity index (χ2n) is 11.7. The molecule has 0 saturated carbocycles. The molecule has 2 aromatic carbocycles. The number of ether oxygens (including phenoxy) is 2. The van der Waals surface area contributed by atoms with Crippen molar-refractivity contribution in [2.24, 2.45) is 17.8 Å². The summed E-state index contributed by atoms with van der Waals surface area (Å²) in [6.45, 7) is 11.6. The minimum Gasteiger partial charge on any atom is -0.465 e. The SMILES string of the molecule is C=CCCCOC(=O)[C@@H]1[C@H]2C(=O)N([C@@H](CO)C(C)C)C(C(=O)N(CC=C)c3ccc4ccccc4c3)C23CC[C@H]1O3. The van der Waals surface area contributed by atoms with E-state index in [1.807, 2.05) is 56.3 Å². The molecule has 3 aliphatic rings. The molecule has 5 rings (SSSR count). The zero-order chi connectivity index (χ0) is 29.3. The molecule has 3 heterocycles. The van der Waals surface area contributed by atoms with Crippen LogP contribution in [0.3, 0.4) is 0 Å². The Morgan fingerprint density at radius 2 is 1.95 bits per heavy atom. The van der Waals surface area contributed by atoms with Crippen molar-refractivity contribution >= 4 is 34.2 Å². The number of rotatable bonds is 12. The molecule has 41 heavy (non-hydrogen) atoms. The number of aliphatic hydroxyl groups is 1. The van der Waals surface area contributed by atoms with Gasteiger partial charge in [0.25, 0.3) is 5.91 Å². The highest BCUT2D eigenvalue weighted by atomic mass is 16.6. The zero-order valence-electron chi connectivity index (χ0n) is 23.9. The van der Waals surface area contributed by atoms with E-state index in [1.165, 1.54) is 4.90 Å². The molecular weight excluding hydrogens is 520 g/mol. The lowest BCUT2D eigenvalue weighted by molar-refractivity contribution is -0.156. The summed E-state index contributed by atoms with van der Waals surface area (Å²) in [5, 5.41) is 12.5. The number of likely N-dealkylation sites (tertiary alicyclic amines) is 1. The second kappa shape index (κ2) is 11.8. The highest BCUT2D eigenvalue weighted by Gasteiger charge is 2.75. The number of hydrogen-bond acceptors (Lipinski definition) is 6. The van der Waals surface area contributed by atoms with Crippen LogP contribution >= 0.6 is 0 Å². The molecule has 6 atom stereocenters. The summed E-state index contributed by atoms with van der Waals surface area (Å²) in [4.78, 5) is 45.5. The minimum atomic E-state index is -1.18. The summed E-state index contributed by atoms with van der Waals surface area (Å²) >= 11 is 0. The third-order valence-electron chi connectivity index (χ3n) is 8.98. The average molecular weight is 561 g/mol. The van der Waals surface area contributed by atoms with Crippen molar-refractivity contribution in [3.8, 4) is 0 Å². The van der Waals surface area contributed by atoms with E-state index in [0.29, 0.717) is 24.9 Å². The van der Waals surface area contributed by atoms with Crippen LogP contribution in [0.25, 0.3) is 10.8 Å². The van der Waals surface area contributed by atoms with Crippen LogP contribution in [0.1, 0.15) is 39.5 Å². The van der Waals surface area contributed by atoms with Crippen molar-refractivity contribution in [2.45, 2.75) is 63.3 Å². The van der Waals surface area contributed by atoms with Gasteiger partial charge in [-0.2, -0.15) is 0 Å². The number of benzene rings is 2. The van der Waals surface area contributed by atoms with Crippen LogP contribution in [0.4, 0.5) is 5.69 Å². The Labute approximate surface area is 241 Å². The first-order valence-corrected chi connectivity index (χ1v) is 14.6. The molecule has 3 fully saturated rings. The molecule has 8 nitrogen and oxygen atoms in total. The Kier molecular flexibility index (Phi) is 8.34. The van der Waals surface area contributed by atoms with Crippen molar-refractivity contribution in [2.75, 3.05) is 24.7 Å². The molecule has 2 unspecified atom stereocenters. The van der Waals surface area contributed by atoms with Gasteiger partial charge in [-0.25, -0.2) is 0 Å². The predicted molar refractivity (Wildman–Crippen MR) is 157 cm³/mol. The van der Waals surface area contributed by atoms with E-state index in [2.05, 4.69) is 13.2 Å². The van der Waals surface area contributed by atoms with Crippen LogP contribution in [-0.4, -0.2) is 71.3 Å². The first-order valence-electron chi connectivity index (χ1n) is 14.6. The number of carbonyl (C=O) groups is 3. The molecule has 2 aromatic rings. The van der Waals surface area contributed by atoms with Gasteiger partial charge in [0.1, 0.15) is 11.6 Å². The van der Waals surface area contributed by atoms with Crippen LogP contribution < -0.4 is 4.90 Å². The molecule has 2 bridgehead atoms. The maximum Gasteiger partial charge on any atom is 0.312 e. The fraction of sp³-hybridized carbons (Fsp3) is 0.485. The van der Waals surface area contributed by atoms with Gasteiger partial charge < -0.3 is 24.4 Å². The molecule has 218 valence electrons. The van der Waals surface area contributed by atoms with Crippen LogP contribution in [0, 0.1) is 17.8 Å². The normalized spacial score (nSPS) is 27.2. The Bertz CT molecular complexity index is 1340. The van der Waals surface area contributed by atoms with Crippen molar-refractivity contribution in [3.63, 3.8) is 0 Å². The quantitative estimate of drug-likeness (QED) is 0.237. The number of esters is 1. The van der Waals surface area contributed by atoms with E-state index >= 15 is 0 Å². The largest absolute Gasteiger partial charge is 0.465 e. The summed E-state index contributed by atoms with van der Waals surface area (Å²) < 4.78 is 12.2. The number of amides is 2. The third-order valence-corrected chi connectivity index (χ3v) is 8.98. The summed E-state index contributed by atoms with van der Waals surface area (Å²) in [7, 11) is 0. The van der Waals surface area contributed by atoms with E-state index in [4.69, 9.17) is 9.47 Å². The van der Waals surface area contributed by atoms with E-state index in [-0.39, 0.29) is 37.5 Å². The number of unbranched alkanes of at least 4 members (excludes halogenated alkanes) is 1. The summed E-state index contributed by atoms with van der Waals surface area (Å²) in [5.74, 6) is -2.88. The molecule has 3 aliphatic heterocycles. The van der Waals surface area contributed by atoms with Gasteiger partial charge in [0.15, 0.2) is 0 Å². The van der Waals surface area contributed by atoms with Crippen molar-refractivity contribution in [1.29, 1.82) is 0 Å². The Hall–Kier alpha value is -3.49. The number of aliphatic hydroxyl groups excluding tert-OH is 1. The lowest BCUT2D eigenvalue weighted by Crippen LogP contribution is -2.59. The molecule has 2 amide bonds. The van der Waals surface area contributed by atoms with Gasteiger partial charge in [0, 0.05) is 12.2 Å². The molecule has 0 aromatic heterocycles. The molecule has 0 aliphatic carbocycles. The summed E-state index contributed by atoms with van der Waals surface area (Å²) in [5.41, 5.74) is -0.501. The number of hydrogen-bond donors (Lipinski definition) is 1. The first-order chi connectivity index (χ1) is 19.8. The van der Waals surface area contributed by atoms with Crippen LogP contribution in [0.15, 0.2) is 67.8 Å². The number of anilines is 1. The number of nitrogens with zero attached hydrogens (tertiary/aromatic N) is 2. The van der Waals surface area contributed by atoms with Crippen molar-refractivity contribution < 1.29 is 29.0 Å². The fourth-order valence-corrected chi connectivity index (χ4v) is 7.06. The Balaban J connectivity index is 1.55. The Morgan fingerprint density at radius 3 is 2.63 bits per heavy atom. The maximum absolute atomic E-state index is 14.7. The highest BCUT2D eigenvalue weighted by molar-refractivity contribution is 6.05. The lowest BCUT2D eigenvalue weighted by Gasteiger charge is -2.40.